The normalized spacial score (nSPS) is 20.4. The molecule has 0 fully saturated rings. The number of hydrogen-bond acceptors (Lipinski definition) is 2. The Morgan fingerprint density at radius 2 is 1.48 bits per heavy atom. The van der Waals surface area contributed by atoms with Crippen LogP contribution in [0.25, 0.3) is 0 Å². The van der Waals surface area contributed by atoms with E-state index in [9.17, 15) is 9.90 Å². The smallest absolute Gasteiger partial charge is 0.258 e. The van der Waals surface area contributed by atoms with Gasteiger partial charge in [-0.25, -0.2) is 0 Å². The molecule has 0 aliphatic heterocycles. The number of allylic oxidation sites excluding steroid dienone is 2. The lowest BCUT2D eigenvalue weighted by Gasteiger charge is -2.43. The minimum atomic E-state index is -3.04. The predicted octanol–water partition coefficient (Wildman–Crippen LogP) is 3.82. The van der Waals surface area contributed by atoms with Gasteiger partial charge in [-0.3, -0.25) is 0 Å². The van der Waals surface area contributed by atoms with E-state index in [0.717, 1.165) is 26.8 Å². The summed E-state index contributed by atoms with van der Waals surface area (Å²) in [5.74, 6) is 0.0150. The van der Waals surface area contributed by atoms with Gasteiger partial charge in [0.05, 0.1) is 6.10 Å². The molecule has 1 aliphatic carbocycles. The topological polar surface area (TPSA) is 40.5 Å². The molecule has 2 N–H and O–H groups in total. The lowest BCUT2D eigenvalue weighted by Crippen LogP contribution is -2.65. The summed E-state index contributed by atoms with van der Waals surface area (Å²) in [6, 6.07) is 20.2. The largest absolute Gasteiger partial charge is 0.424 e. The van der Waals surface area contributed by atoms with Gasteiger partial charge in [0.25, 0.3) is 8.32 Å². The van der Waals surface area contributed by atoms with Crippen molar-refractivity contribution in [3.63, 3.8) is 0 Å². The Kier molecular flexibility index (Phi) is 6.41. The quantitative estimate of drug-likeness (QED) is 0.367. The fourth-order valence-corrected chi connectivity index (χ4v) is 8.63. The van der Waals surface area contributed by atoms with Crippen molar-refractivity contribution < 1.29 is 9.90 Å². The third-order valence-electron chi connectivity index (χ3n) is 5.72. The van der Waals surface area contributed by atoms with E-state index in [4.69, 9.17) is 0 Å². The molecule has 0 amide bonds. The molecule has 0 saturated heterocycles. The lowest BCUT2D eigenvalue weighted by atomic mass is 9.85. The summed E-state index contributed by atoms with van der Waals surface area (Å²) in [7, 11) is -3.04. The van der Waals surface area contributed by atoms with Crippen LogP contribution in [0.4, 0.5) is 0 Å². The van der Waals surface area contributed by atoms with E-state index in [1.54, 1.807) is 0 Å². The van der Waals surface area contributed by atoms with Crippen LogP contribution in [-0.2, 0) is 0 Å². The Balaban J connectivity index is 2.02. The standard InChI is InChI=1S/C23H27IO2Si/c1-23(2,16-18-10-9-11-19(17-24)22(18)25)27(26,20-12-5-3-6-13-20)21-14-7-4-8-15-21/h3-15,18,22,25-26H,16-17H2,1-2H3/t18-,22+/m1/s1. The lowest BCUT2D eigenvalue weighted by molar-refractivity contribution is 0.150. The van der Waals surface area contributed by atoms with Crippen molar-refractivity contribution >= 4 is 41.3 Å². The summed E-state index contributed by atoms with van der Waals surface area (Å²) in [5.41, 5.74) is 1.06. The number of benzene rings is 2. The van der Waals surface area contributed by atoms with Gasteiger partial charge in [-0.05, 0) is 27.4 Å². The van der Waals surface area contributed by atoms with Gasteiger partial charge in [-0.2, -0.15) is 0 Å². The Morgan fingerprint density at radius 1 is 0.963 bits per heavy atom. The summed E-state index contributed by atoms with van der Waals surface area (Å²) in [6.45, 7) is 4.31. The number of aliphatic hydroxyl groups excluding tert-OH is 1. The Hall–Kier alpha value is -1.21. The molecule has 0 bridgehead atoms. The van der Waals surface area contributed by atoms with Gasteiger partial charge in [0, 0.05) is 10.3 Å². The van der Waals surface area contributed by atoms with E-state index in [0.29, 0.717) is 0 Å². The fraction of sp³-hybridized carbons (Fsp3) is 0.304. The molecule has 0 radical (unpaired) electrons. The molecular formula is C23H27IO2Si. The van der Waals surface area contributed by atoms with Gasteiger partial charge < -0.3 is 9.90 Å². The van der Waals surface area contributed by atoms with Crippen molar-refractivity contribution in [2.45, 2.75) is 31.4 Å². The molecule has 2 atom stereocenters. The van der Waals surface area contributed by atoms with Crippen LogP contribution < -0.4 is 10.4 Å². The predicted molar refractivity (Wildman–Crippen MR) is 124 cm³/mol. The first-order valence-corrected chi connectivity index (χ1v) is 12.8. The Bertz CT molecular complexity index is 775. The van der Waals surface area contributed by atoms with Gasteiger partial charge in [0.1, 0.15) is 0 Å². The molecule has 0 heterocycles. The van der Waals surface area contributed by atoms with Crippen LogP contribution in [0.5, 0.6) is 0 Å². The molecule has 0 unspecified atom stereocenters. The third-order valence-corrected chi connectivity index (χ3v) is 11.1. The molecule has 0 spiro atoms. The van der Waals surface area contributed by atoms with Crippen LogP contribution in [-0.4, -0.2) is 28.8 Å². The van der Waals surface area contributed by atoms with Gasteiger partial charge in [-0.1, -0.05) is 115 Å². The highest BCUT2D eigenvalue weighted by molar-refractivity contribution is 14.1. The van der Waals surface area contributed by atoms with Gasteiger partial charge in [0.15, 0.2) is 0 Å². The van der Waals surface area contributed by atoms with Crippen molar-refractivity contribution in [1.29, 1.82) is 0 Å². The highest BCUT2D eigenvalue weighted by Gasteiger charge is 2.51. The molecule has 0 saturated carbocycles. The van der Waals surface area contributed by atoms with Crippen molar-refractivity contribution in [1.82, 2.24) is 0 Å². The molecule has 0 aromatic heterocycles. The minimum Gasteiger partial charge on any atom is -0.424 e. The second-order valence-corrected chi connectivity index (χ2v) is 12.6. The monoisotopic (exact) mass is 490 g/mol. The molecule has 2 nitrogen and oxygen atoms in total. The van der Waals surface area contributed by atoms with Crippen LogP contribution in [0.2, 0.25) is 5.04 Å². The fourth-order valence-electron chi connectivity index (χ4n) is 4.15. The molecule has 4 heteroatoms. The van der Waals surface area contributed by atoms with E-state index >= 15 is 0 Å². The summed E-state index contributed by atoms with van der Waals surface area (Å²) < 4.78 is 0.819. The van der Waals surface area contributed by atoms with E-state index in [2.05, 4.69) is 42.5 Å². The van der Waals surface area contributed by atoms with Crippen LogP contribution in [0.1, 0.15) is 20.3 Å². The maximum absolute atomic E-state index is 12.2. The van der Waals surface area contributed by atoms with Crippen LogP contribution in [0.15, 0.2) is 84.5 Å². The average Bonchev–Trinajstić information content (AvgIpc) is 2.70. The van der Waals surface area contributed by atoms with E-state index < -0.39 is 14.4 Å². The molecule has 2 aromatic rings. The second-order valence-electron chi connectivity index (χ2n) is 7.90. The zero-order valence-electron chi connectivity index (χ0n) is 15.8. The van der Waals surface area contributed by atoms with Crippen molar-refractivity contribution in [3.05, 3.63) is 84.5 Å². The highest BCUT2D eigenvalue weighted by atomic mass is 127. The van der Waals surface area contributed by atoms with E-state index in [1.165, 1.54) is 0 Å². The van der Waals surface area contributed by atoms with Gasteiger partial charge in [-0.15, -0.1) is 0 Å². The summed E-state index contributed by atoms with van der Waals surface area (Å²) in [4.78, 5) is 12.2. The molecule has 27 heavy (non-hydrogen) atoms. The SMILES string of the molecule is CC(C)(C[C@H]1C=CC=C(CI)[C@H]1O)[Si](O)(c1ccccc1)c1ccccc1. The highest BCUT2D eigenvalue weighted by Crippen LogP contribution is 2.43. The van der Waals surface area contributed by atoms with E-state index in [1.807, 2.05) is 72.8 Å². The summed E-state index contributed by atoms with van der Waals surface area (Å²) >= 11 is 2.30. The van der Waals surface area contributed by atoms with Crippen molar-refractivity contribution in [3.8, 4) is 0 Å². The zero-order chi connectivity index (χ0) is 19.5. The van der Waals surface area contributed by atoms with Crippen molar-refractivity contribution in [2.75, 3.05) is 4.43 Å². The number of alkyl halides is 1. The Morgan fingerprint density at radius 3 is 1.96 bits per heavy atom. The maximum Gasteiger partial charge on any atom is 0.258 e. The second kappa shape index (κ2) is 8.43. The third kappa shape index (κ3) is 3.99. The first-order valence-electron chi connectivity index (χ1n) is 9.35. The summed E-state index contributed by atoms with van der Waals surface area (Å²) in [6.07, 6.45) is 6.40. The molecular weight excluding hydrogens is 463 g/mol. The zero-order valence-corrected chi connectivity index (χ0v) is 19.0. The molecule has 2 aromatic carbocycles. The van der Waals surface area contributed by atoms with Crippen LogP contribution in [0.3, 0.4) is 0 Å². The Labute approximate surface area is 176 Å². The number of rotatable bonds is 6. The van der Waals surface area contributed by atoms with Crippen LogP contribution in [0, 0.1) is 5.92 Å². The number of aliphatic hydroxyl groups is 1. The first kappa shape index (κ1) is 20.5. The minimum absolute atomic E-state index is 0.0150. The average molecular weight is 490 g/mol. The molecule has 142 valence electrons. The number of hydrogen-bond donors (Lipinski definition) is 2. The van der Waals surface area contributed by atoms with Gasteiger partial charge >= 0.3 is 0 Å². The van der Waals surface area contributed by atoms with Gasteiger partial charge in [0.2, 0.25) is 0 Å². The number of halogens is 1. The molecule has 1 aliphatic rings. The van der Waals surface area contributed by atoms with E-state index in [-0.39, 0.29) is 11.0 Å². The molecule has 3 rings (SSSR count). The van der Waals surface area contributed by atoms with Crippen LogP contribution >= 0.6 is 22.6 Å². The summed E-state index contributed by atoms with van der Waals surface area (Å²) in [5, 5.41) is 12.5. The van der Waals surface area contributed by atoms with Crippen molar-refractivity contribution in [2.24, 2.45) is 5.92 Å². The maximum atomic E-state index is 12.2. The first-order chi connectivity index (χ1) is 12.9.